The molecule has 0 radical (unpaired) electrons. The number of urea groups is 1. The Hall–Kier alpha value is -2.41. The van der Waals surface area contributed by atoms with Crippen LogP contribution in [0.15, 0.2) is 34.7 Å². The van der Waals surface area contributed by atoms with Crippen LogP contribution in [0.4, 0.5) is 4.79 Å². The molecular formula is C22H29N5O2. The molecule has 2 amide bonds. The highest BCUT2D eigenvalue weighted by Crippen LogP contribution is 2.49. The van der Waals surface area contributed by atoms with Crippen LogP contribution in [0.1, 0.15) is 48.9 Å². The summed E-state index contributed by atoms with van der Waals surface area (Å²) in [6, 6.07) is 11.0. The van der Waals surface area contributed by atoms with Gasteiger partial charge in [-0.2, -0.15) is 0 Å². The highest BCUT2D eigenvalue weighted by Gasteiger charge is 2.57. The number of aromatic nitrogens is 2. The second-order valence-electron chi connectivity index (χ2n) is 9.02. The molecule has 1 spiro atoms. The molecule has 2 aromatic rings. The van der Waals surface area contributed by atoms with Crippen molar-refractivity contribution < 1.29 is 9.21 Å². The zero-order chi connectivity index (χ0) is 19.8. The largest absolute Gasteiger partial charge is 0.425 e. The number of benzene rings is 1. The summed E-state index contributed by atoms with van der Waals surface area (Å²) in [6.45, 7) is 6.07. The fraction of sp³-hybridized carbons (Fsp3) is 0.591. The average Bonchev–Trinajstić information content (AvgIpc) is 3.41. The van der Waals surface area contributed by atoms with Crippen molar-refractivity contribution in [2.24, 2.45) is 5.41 Å². The molecule has 1 aromatic heterocycles. The van der Waals surface area contributed by atoms with Gasteiger partial charge in [0.2, 0.25) is 11.8 Å². The maximum Gasteiger partial charge on any atom is 0.317 e. The van der Waals surface area contributed by atoms with Gasteiger partial charge in [-0.05, 0) is 18.4 Å². The normalized spacial score (nSPS) is 24.2. The molecule has 1 atom stereocenters. The summed E-state index contributed by atoms with van der Waals surface area (Å²) in [6.07, 6.45) is 4.67. The third kappa shape index (κ3) is 3.64. The van der Waals surface area contributed by atoms with Gasteiger partial charge in [0.05, 0.1) is 5.92 Å². The first-order valence-electron chi connectivity index (χ1n) is 10.7. The quantitative estimate of drug-likeness (QED) is 0.862. The van der Waals surface area contributed by atoms with Gasteiger partial charge < -0.3 is 14.6 Å². The molecule has 154 valence electrons. The van der Waals surface area contributed by atoms with Crippen LogP contribution < -0.4 is 5.32 Å². The predicted molar refractivity (Wildman–Crippen MR) is 108 cm³/mol. The van der Waals surface area contributed by atoms with Crippen LogP contribution in [0.25, 0.3) is 0 Å². The lowest BCUT2D eigenvalue weighted by Crippen LogP contribution is -2.64. The molecule has 1 saturated carbocycles. The summed E-state index contributed by atoms with van der Waals surface area (Å²) >= 11 is 0. The lowest BCUT2D eigenvalue weighted by Gasteiger charge is -2.50. The summed E-state index contributed by atoms with van der Waals surface area (Å²) in [5, 5.41) is 11.6. The second-order valence-corrected chi connectivity index (χ2v) is 9.02. The Morgan fingerprint density at radius 2 is 1.93 bits per heavy atom. The van der Waals surface area contributed by atoms with E-state index in [1.54, 1.807) is 0 Å². The van der Waals surface area contributed by atoms with E-state index < -0.39 is 0 Å². The van der Waals surface area contributed by atoms with E-state index in [0.717, 1.165) is 45.6 Å². The van der Waals surface area contributed by atoms with Crippen molar-refractivity contribution in [3.63, 3.8) is 0 Å². The molecule has 1 unspecified atom stereocenters. The molecule has 29 heavy (non-hydrogen) atoms. The summed E-state index contributed by atoms with van der Waals surface area (Å²) in [4.78, 5) is 17.1. The maximum atomic E-state index is 12.7. The second kappa shape index (κ2) is 7.44. The maximum absolute atomic E-state index is 12.7. The molecule has 7 heteroatoms. The molecule has 2 aliphatic heterocycles. The van der Waals surface area contributed by atoms with Crippen LogP contribution >= 0.6 is 0 Å². The van der Waals surface area contributed by atoms with E-state index in [4.69, 9.17) is 4.42 Å². The lowest BCUT2D eigenvalue weighted by molar-refractivity contribution is 0.0203. The molecule has 3 heterocycles. The first-order valence-corrected chi connectivity index (χ1v) is 10.7. The summed E-state index contributed by atoms with van der Waals surface area (Å²) in [5.74, 6) is 1.49. The Labute approximate surface area is 171 Å². The van der Waals surface area contributed by atoms with Gasteiger partial charge >= 0.3 is 6.03 Å². The molecule has 1 aliphatic carbocycles. The number of amides is 2. The third-order valence-corrected chi connectivity index (χ3v) is 6.79. The Balaban J connectivity index is 1.29. The Morgan fingerprint density at radius 3 is 2.62 bits per heavy atom. The predicted octanol–water partition coefficient (Wildman–Crippen LogP) is 2.93. The first kappa shape index (κ1) is 18.6. The van der Waals surface area contributed by atoms with Crippen molar-refractivity contribution in [2.75, 3.05) is 26.2 Å². The number of hydrogen-bond donors (Lipinski definition) is 1. The van der Waals surface area contributed by atoms with E-state index in [2.05, 4.69) is 44.7 Å². The zero-order valence-corrected chi connectivity index (χ0v) is 17.0. The average molecular weight is 396 g/mol. The highest BCUT2D eigenvalue weighted by molar-refractivity contribution is 5.75. The summed E-state index contributed by atoms with van der Waals surface area (Å²) < 4.78 is 5.83. The SMILES string of the molecule is Cc1nnc(C2CN(Cc3ccccc3)CC23CN(C(=O)NC2CCCC2)C3)o1. The summed E-state index contributed by atoms with van der Waals surface area (Å²) in [7, 11) is 0. The molecule has 3 fully saturated rings. The van der Waals surface area contributed by atoms with Crippen molar-refractivity contribution >= 4 is 6.03 Å². The van der Waals surface area contributed by atoms with Crippen LogP contribution in [-0.4, -0.2) is 58.2 Å². The van der Waals surface area contributed by atoms with Crippen molar-refractivity contribution in [3.05, 3.63) is 47.7 Å². The minimum atomic E-state index is 0.000764. The number of carbonyl (C=O) groups is 1. The molecule has 1 N–H and O–H groups in total. The standard InChI is InChI=1S/C22H29N5O2/c1-16-24-25-20(29-16)19-12-26(11-17-7-3-2-4-8-17)13-22(19)14-27(15-22)21(28)23-18-9-5-6-10-18/h2-4,7-8,18-19H,5-6,9-15H2,1H3,(H,23,28). The lowest BCUT2D eigenvalue weighted by atomic mass is 9.71. The van der Waals surface area contributed by atoms with Gasteiger partial charge in [0.25, 0.3) is 0 Å². The third-order valence-electron chi connectivity index (χ3n) is 6.79. The van der Waals surface area contributed by atoms with Gasteiger partial charge in [0.1, 0.15) is 0 Å². The number of nitrogens with zero attached hydrogens (tertiary/aromatic N) is 4. The number of aryl methyl sites for hydroxylation is 1. The molecule has 2 saturated heterocycles. The van der Waals surface area contributed by atoms with Gasteiger partial charge in [0, 0.05) is 51.1 Å². The topological polar surface area (TPSA) is 74.5 Å². The van der Waals surface area contributed by atoms with Gasteiger partial charge in [-0.15, -0.1) is 10.2 Å². The number of hydrogen-bond acceptors (Lipinski definition) is 5. The molecule has 7 nitrogen and oxygen atoms in total. The van der Waals surface area contributed by atoms with E-state index in [-0.39, 0.29) is 17.4 Å². The van der Waals surface area contributed by atoms with Gasteiger partial charge in [0.15, 0.2) is 0 Å². The van der Waals surface area contributed by atoms with Gasteiger partial charge in [-0.1, -0.05) is 43.2 Å². The molecule has 5 rings (SSSR count). The number of carbonyl (C=O) groups excluding carboxylic acids is 1. The first-order chi connectivity index (χ1) is 14.1. The fourth-order valence-electron chi connectivity index (χ4n) is 5.34. The number of rotatable bonds is 4. The molecular weight excluding hydrogens is 366 g/mol. The highest BCUT2D eigenvalue weighted by atomic mass is 16.4. The van der Waals surface area contributed by atoms with E-state index in [9.17, 15) is 4.79 Å². The fourth-order valence-corrected chi connectivity index (χ4v) is 5.34. The van der Waals surface area contributed by atoms with Crippen molar-refractivity contribution in [3.8, 4) is 0 Å². The van der Waals surface area contributed by atoms with Crippen LogP contribution in [0.2, 0.25) is 0 Å². The Bertz CT molecular complexity index is 855. The number of nitrogens with one attached hydrogen (secondary N) is 1. The minimum absolute atomic E-state index is 0.000764. The van der Waals surface area contributed by atoms with Crippen LogP contribution in [-0.2, 0) is 6.54 Å². The minimum Gasteiger partial charge on any atom is -0.425 e. The monoisotopic (exact) mass is 395 g/mol. The van der Waals surface area contributed by atoms with Crippen LogP contribution in [0, 0.1) is 12.3 Å². The van der Waals surface area contributed by atoms with Crippen molar-refractivity contribution in [1.82, 2.24) is 25.3 Å². The van der Waals surface area contributed by atoms with Crippen molar-refractivity contribution in [2.45, 2.75) is 51.1 Å². The molecule has 3 aliphatic rings. The molecule has 0 bridgehead atoms. The van der Waals surface area contributed by atoms with Crippen LogP contribution in [0.3, 0.4) is 0 Å². The Morgan fingerprint density at radius 1 is 1.17 bits per heavy atom. The smallest absolute Gasteiger partial charge is 0.317 e. The van der Waals surface area contributed by atoms with Gasteiger partial charge in [-0.25, -0.2) is 4.79 Å². The van der Waals surface area contributed by atoms with Crippen molar-refractivity contribution in [1.29, 1.82) is 0 Å². The summed E-state index contributed by atoms with van der Waals surface area (Å²) in [5.41, 5.74) is 1.31. The Kier molecular flexibility index (Phi) is 4.78. The van der Waals surface area contributed by atoms with E-state index >= 15 is 0 Å². The molecule has 1 aromatic carbocycles. The van der Waals surface area contributed by atoms with E-state index in [1.165, 1.54) is 18.4 Å². The zero-order valence-electron chi connectivity index (χ0n) is 17.0. The van der Waals surface area contributed by atoms with Crippen LogP contribution in [0.5, 0.6) is 0 Å². The number of likely N-dealkylation sites (tertiary alicyclic amines) is 2. The van der Waals surface area contributed by atoms with Gasteiger partial charge in [-0.3, -0.25) is 4.90 Å². The van der Waals surface area contributed by atoms with E-state index in [1.807, 2.05) is 17.9 Å². The van der Waals surface area contributed by atoms with E-state index in [0.29, 0.717) is 17.8 Å².